The maximum Gasteiger partial charge on any atom is 0.434 e. The van der Waals surface area contributed by atoms with Gasteiger partial charge in [-0.15, -0.1) is 0 Å². The molecule has 41 heavy (non-hydrogen) atoms. The van der Waals surface area contributed by atoms with Crippen LogP contribution in [0.1, 0.15) is 67.5 Å². The first-order valence-corrected chi connectivity index (χ1v) is 13.9. The Morgan fingerprint density at radius 1 is 1.07 bits per heavy atom. The van der Waals surface area contributed by atoms with Gasteiger partial charge >= 0.3 is 12.3 Å². The summed E-state index contributed by atoms with van der Waals surface area (Å²) in [6, 6.07) is 3.63. The molecule has 10 nitrogen and oxygen atoms in total. The van der Waals surface area contributed by atoms with Crippen LogP contribution in [0.25, 0.3) is 0 Å². The summed E-state index contributed by atoms with van der Waals surface area (Å²) in [5.74, 6) is 0.103. The van der Waals surface area contributed by atoms with Crippen molar-refractivity contribution in [2.45, 2.75) is 65.2 Å². The molecule has 0 saturated carbocycles. The number of aromatic nitrogens is 4. The van der Waals surface area contributed by atoms with Gasteiger partial charge in [0, 0.05) is 18.8 Å². The smallest absolute Gasteiger partial charge is 0.434 e. The molecule has 0 aliphatic carbocycles. The molecule has 1 saturated heterocycles. The standard InChI is InChI=1S/C27H32F3N7O3S/c1-16-22(24(41-36-16)35-21-15-32-20(14-33-21)27(28,29)30)23(38)34-19-8-7-18(31-13-19)6-5-17-9-11-37(12-10-17)25(39)40-26(2,3)4/h7-8,13-15,17H,5-6,9-12H2,1-4H3,(H,33,35)(H,34,38). The summed E-state index contributed by atoms with van der Waals surface area (Å²) in [5, 5.41) is 5.95. The first-order chi connectivity index (χ1) is 19.3. The van der Waals surface area contributed by atoms with Crippen molar-refractivity contribution in [3.8, 4) is 0 Å². The van der Waals surface area contributed by atoms with Crippen molar-refractivity contribution >= 4 is 40.0 Å². The largest absolute Gasteiger partial charge is 0.444 e. The van der Waals surface area contributed by atoms with Gasteiger partial charge in [0.25, 0.3) is 5.91 Å². The number of rotatable bonds is 7. The molecular formula is C27H32F3N7O3S. The predicted octanol–water partition coefficient (Wildman–Crippen LogP) is 6.23. The minimum atomic E-state index is -4.59. The molecule has 4 rings (SSSR count). The molecule has 2 amide bonds. The van der Waals surface area contributed by atoms with Crippen LogP contribution in [0.4, 0.5) is 34.5 Å². The van der Waals surface area contributed by atoms with Gasteiger partial charge < -0.3 is 20.3 Å². The lowest BCUT2D eigenvalue weighted by Crippen LogP contribution is -2.41. The molecule has 2 N–H and O–H groups in total. The van der Waals surface area contributed by atoms with E-state index in [4.69, 9.17) is 4.74 Å². The molecule has 0 spiro atoms. The summed E-state index contributed by atoms with van der Waals surface area (Å²) >= 11 is 0.990. The number of carbonyl (C=O) groups is 2. The zero-order chi connectivity index (χ0) is 29.8. The third kappa shape index (κ3) is 8.35. The van der Waals surface area contributed by atoms with Gasteiger partial charge in [0.15, 0.2) is 5.69 Å². The van der Waals surface area contributed by atoms with Gasteiger partial charge in [-0.25, -0.2) is 14.8 Å². The monoisotopic (exact) mass is 591 g/mol. The van der Waals surface area contributed by atoms with Crippen molar-refractivity contribution in [2.24, 2.45) is 5.92 Å². The number of alkyl halides is 3. The van der Waals surface area contributed by atoms with Crippen molar-refractivity contribution in [3.63, 3.8) is 0 Å². The lowest BCUT2D eigenvalue weighted by atomic mass is 9.91. The first kappa shape index (κ1) is 30.2. The van der Waals surface area contributed by atoms with Gasteiger partial charge in [-0.1, -0.05) is 0 Å². The van der Waals surface area contributed by atoms with Crippen LogP contribution in [0.5, 0.6) is 0 Å². The highest BCUT2D eigenvalue weighted by Crippen LogP contribution is 2.30. The summed E-state index contributed by atoms with van der Waals surface area (Å²) in [6.45, 7) is 8.60. The Morgan fingerprint density at radius 3 is 2.39 bits per heavy atom. The summed E-state index contributed by atoms with van der Waals surface area (Å²) in [6.07, 6.45) is 1.85. The van der Waals surface area contributed by atoms with E-state index in [2.05, 4.69) is 30.0 Å². The normalized spacial score (nSPS) is 14.6. The fourth-order valence-corrected chi connectivity index (χ4v) is 5.10. The van der Waals surface area contributed by atoms with Crippen molar-refractivity contribution < 1.29 is 27.5 Å². The number of nitrogens with one attached hydrogen (secondary N) is 2. The van der Waals surface area contributed by atoms with Crippen LogP contribution >= 0.6 is 11.5 Å². The number of hydrogen-bond donors (Lipinski definition) is 2. The molecule has 0 radical (unpaired) electrons. The topological polar surface area (TPSA) is 122 Å². The first-order valence-electron chi connectivity index (χ1n) is 13.2. The van der Waals surface area contributed by atoms with Crippen molar-refractivity contribution in [1.29, 1.82) is 0 Å². The molecule has 3 aromatic heterocycles. The minimum Gasteiger partial charge on any atom is -0.444 e. The van der Waals surface area contributed by atoms with Crippen LogP contribution in [0, 0.1) is 12.8 Å². The number of carbonyl (C=O) groups excluding carboxylic acids is 2. The number of hydrogen-bond acceptors (Lipinski definition) is 9. The minimum absolute atomic E-state index is 0.0530. The summed E-state index contributed by atoms with van der Waals surface area (Å²) < 4.78 is 47.9. The number of amides is 2. The second-order valence-corrected chi connectivity index (χ2v) is 11.6. The number of ether oxygens (including phenoxy) is 1. The highest BCUT2D eigenvalue weighted by Gasteiger charge is 2.33. The lowest BCUT2D eigenvalue weighted by molar-refractivity contribution is -0.141. The van der Waals surface area contributed by atoms with Crippen molar-refractivity contribution in [3.05, 3.63) is 53.4 Å². The van der Waals surface area contributed by atoms with Gasteiger partial charge in [0.05, 0.1) is 35.5 Å². The number of pyridine rings is 1. The molecule has 220 valence electrons. The molecule has 1 aliphatic rings. The summed E-state index contributed by atoms with van der Waals surface area (Å²) in [4.78, 5) is 38.7. The SMILES string of the molecule is Cc1nsc(Nc2cnc(C(F)(F)F)cn2)c1C(=O)Nc1ccc(CCC2CCN(C(=O)OC(C)(C)C)CC2)nc1. The van der Waals surface area contributed by atoms with Crippen LogP contribution < -0.4 is 10.6 Å². The van der Waals surface area contributed by atoms with Crippen LogP contribution in [-0.2, 0) is 17.3 Å². The van der Waals surface area contributed by atoms with Gasteiger partial charge in [0.2, 0.25) is 0 Å². The fraction of sp³-hybridized carbons (Fsp3) is 0.481. The van der Waals surface area contributed by atoms with E-state index in [1.165, 1.54) is 0 Å². The van der Waals surface area contributed by atoms with Crippen molar-refractivity contribution in [2.75, 3.05) is 23.7 Å². The molecule has 0 bridgehead atoms. The molecule has 4 heterocycles. The predicted molar refractivity (Wildman–Crippen MR) is 148 cm³/mol. The summed E-state index contributed by atoms with van der Waals surface area (Å²) in [7, 11) is 0. The zero-order valence-electron chi connectivity index (χ0n) is 23.2. The lowest BCUT2D eigenvalue weighted by Gasteiger charge is -2.33. The molecule has 14 heteroatoms. The second-order valence-electron chi connectivity index (χ2n) is 10.8. The Hall–Kier alpha value is -3.81. The van der Waals surface area contributed by atoms with E-state index in [1.54, 1.807) is 24.1 Å². The van der Waals surface area contributed by atoms with Gasteiger partial charge in [-0.3, -0.25) is 9.78 Å². The van der Waals surface area contributed by atoms with E-state index >= 15 is 0 Å². The maximum atomic E-state index is 13.0. The third-order valence-electron chi connectivity index (χ3n) is 6.43. The van der Waals surface area contributed by atoms with Gasteiger partial charge in [0.1, 0.15) is 16.4 Å². The average Bonchev–Trinajstić information content (AvgIpc) is 3.27. The maximum absolute atomic E-state index is 13.0. The van der Waals surface area contributed by atoms with Crippen LogP contribution in [0.2, 0.25) is 0 Å². The Labute approximate surface area is 239 Å². The fourth-order valence-electron chi connectivity index (χ4n) is 4.30. The number of anilines is 3. The summed E-state index contributed by atoms with van der Waals surface area (Å²) in [5.41, 5.74) is 0.482. The van der Waals surface area contributed by atoms with Gasteiger partial charge in [-0.05, 0) is 83.0 Å². The van der Waals surface area contributed by atoms with E-state index < -0.39 is 23.4 Å². The zero-order valence-corrected chi connectivity index (χ0v) is 24.0. The highest BCUT2D eigenvalue weighted by molar-refractivity contribution is 7.10. The highest BCUT2D eigenvalue weighted by atomic mass is 32.1. The molecule has 0 unspecified atom stereocenters. The van der Waals surface area contributed by atoms with Crippen molar-refractivity contribution in [1.82, 2.24) is 24.2 Å². The van der Waals surface area contributed by atoms with E-state index in [1.807, 2.05) is 26.8 Å². The van der Waals surface area contributed by atoms with Crippen LogP contribution in [0.15, 0.2) is 30.7 Å². The van der Waals surface area contributed by atoms with Gasteiger partial charge in [-0.2, -0.15) is 17.5 Å². The second kappa shape index (κ2) is 12.4. The van der Waals surface area contributed by atoms with E-state index in [0.717, 1.165) is 49.1 Å². The average molecular weight is 592 g/mol. The number of piperidine rings is 1. The van der Waals surface area contributed by atoms with E-state index in [9.17, 15) is 22.8 Å². The van der Waals surface area contributed by atoms with Crippen LogP contribution in [0.3, 0.4) is 0 Å². The van der Waals surface area contributed by atoms with E-state index in [-0.39, 0.29) is 17.5 Å². The molecule has 0 aromatic carbocycles. The van der Waals surface area contributed by atoms with Crippen LogP contribution in [-0.4, -0.2) is 54.9 Å². The number of halogens is 3. The number of aryl methyl sites for hydroxylation is 2. The molecule has 3 aromatic rings. The Bertz CT molecular complexity index is 1350. The molecular weight excluding hydrogens is 559 g/mol. The molecule has 1 aliphatic heterocycles. The third-order valence-corrected chi connectivity index (χ3v) is 7.29. The number of nitrogens with zero attached hydrogens (tertiary/aromatic N) is 5. The Balaban J connectivity index is 1.28. The Morgan fingerprint density at radius 2 is 1.80 bits per heavy atom. The molecule has 0 atom stereocenters. The Kier molecular flexibility index (Phi) is 9.10. The number of likely N-dealkylation sites (tertiary alicyclic amines) is 1. The van der Waals surface area contributed by atoms with E-state index in [0.29, 0.717) is 41.6 Å². The quantitative estimate of drug-likeness (QED) is 0.332. The molecule has 1 fully saturated rings.